The number of rotatable bonds is 7. The number of hydrogen-bond acceptors (Lipinski definition) is 3. The van der Waals surface area contributed by atoms with Gasteiger partial charge in [0.2, 0.25) is 5.91 Å². The molecule has 1 saturated carbocycles. The van der Waals surface area contributed by atoms with Crippen molar-refractivity contribution in [1.29, 1.82) is 0 Å². The standard InChI is InChI=1S/C13H26N2O2/c1-10(2)9-17-8-6-11-5-4-7-13(11,15-3)12(14)16/h10-11,15H,4-9H2,1-3H3,(H2,14,16). The zero-order valence-electron chi connectivity index (χ0n) is 11.3. The van der Waals surface area contributed by atoms with Crippen molar-refractivity contribution in [3.8, 4) is 0 Å². The molecule has 1 aliphatic rings. The number of nitrogens with two attached hydrogens (primary N) is 1. The maximum atomic E-state index is 11.6. The van der Waals surface area contributed by atoms with Crippen LogP contribution < -0.4 is 11.1 Å². The molecule has 1 aliphatic carbocycles. The van der Waals surface area contributed by atoms with Crippen molar-refractivity contribution in [3.63, 3.8) is 0 Å². The highest BCUT2D eigenvalue weighted by molar-refractivity contribution is 5.85. The van der Waals surface area contributed by atoms with Gasteiger partial charge in [0.05, 0.1) is 0 Å². The summed E-state index contributed by atoms with van der Waals surface area (Å²) in [7, 11) is 1.83. The van der Waals surface area contributed by atoms with Crippen molar-refractivity contribution in [2.75, 3.05) is 20.3 Å². The first kappa shape index (κ1) is 14.5. The van der Waals surface area contributed by atoms with Crippen LogP contribution in [0.5, 0.6) is 0 Å². The van der Waals surface area contributed by atoms with E-state index in [0.29, 0.717) is 11.8 Å². The Balaban J connectivity index is 2.43. The Morgan fingerprint density at radius 1 is 1.59 bits per heavy atom. The van der Waals surface area contributed by atoms with E-state index < -0.39 is 5.54 Å². The lowest BCUT2D eigenvalue weighted by Crippen LogP contribution is -2.56. The third kappa shape index (κ3) is 3.42. The fraction of sp³-hybridized carbons (Fsp3) is 0.923. The van der Waals surface area contributed by atoms with Crippen LogP contribution in [-0.4, -0.2) is 31.7 Å². The second-order valence-corrected chi connectivity index (χ2v) is 5.43. The lowest BCUT2D eigenvalue weighted by Gasteiger charge is -2.32. The Bertz CT molecular complexity index is 256. The molecule has 17 heavy (non-hydrogen) atoms. The Morgan fingerprint density at radius 3 is 2.82 bits per heavy atom. The van der Waals surface area contributed by atoms with Gasteiger partial charge in [0.15, 0.2) is 0 Å². The third-order valence-corrected chi connectivity index (χ3v) is 3.77. The summed E-state index contributed by atoms with van der Waals surface area (Å²) in [4.78, 5) is 11.6. The maximum Gasteiger partial charge on any atom is 0.238 e. The number of hydrogen-bond donors (Lipinski definition) is 2. The normalized spacial score (nSPS) is 28.8. The molecule has 4 nitrogen and oxygen atoms in total. The topological polar surface area (TPSA) is 64.3 Å². The second kappa shape index (κ2) is 6.36. The van der Waals surface area contributed by atoms with E-state index in [4.69, 9.17) is 10.5 Å². The molecule has 0 aromatic carbocycles. The summed E-state index contributed by atoms with van der Waals surface area (Å²) in [6, 6.07) is 0. The lowest BCUT2D eigenvalue weighted by atomic mass is 9.84. The summed E-state index contributed by atoms with van der Waals surface area (Å²) in [6.07, 6.45) is 3.90. The lowest BCUT2D eigenvalue weighted by molar-refractivity contribution is -0.126. The zero-order chi connectivity index (χ0) is 12.9. The van der Waals surface area contributed by atoms with Gasteiger partial charge in [-0.25, -0.2) is 0 Å². The van der Waals surface area contributed by atoms with Gasteiger partial charge in [-0.1, -0.05) is 20.3 Å². The van der Waals surface area contributed by atoms with E-state index >= 15 is 0 Å². The van der Waals surface area contributed by atoms with Gasteiger partial charge in [-0.15, -0.1) is 0 Å². The predicted octanol–water partition coefficient (Wildman–Crippen LogP) is 1.29. The van der Waals surface area contributed by atoms with Gasteiger partial charge >= 0.3 is 0 Å². The van der Waals surface area contributed by atoms with Crippen LogP contribution in [-0.2, 0) is 9.53 Å². The van der Waals surface area contributed by atoms with E-state index in [1.807, 2.05) is 7.05 Å². The first-order chi connectivity index (χ1) is 8.03. The van der Waals surface area contributed by atoms with E-state index in [0.717, 1.165) is 38.9 Å². The molecule has 0 aromatic rings. The minimum atomic E-state index is -0.499. The summed E-state index contributed by atoms with van der Waals surface area (Å²) < 4.78 is 5.59. The molecule has 0 aromatic heterocycles. The average molecular weight is 242 g/mol. The summed E-state index contributed by atoms with van der Waals surface area (Å²) >= 11 is 0. The van der Waals surface area contributed by atoms with Crippen LogP contribution >= 0.6 is 0 Å². The van der Waals surface area contributed by atoms with Crippen LogP contribution in [0.15, 0.2) is 0 Å². The van der Waals surface area contributed by atoms with Gasteiger partial charge in [-0.05, 0) is 38.1 Å². The first-order valence-corrected chi connectivity index (χ1v) is 6.59. The van der Waals surface area contributed by atoms with Crippen molar-refractivity contribution < 1.29 is 9.53 Å². The molecule has 1 amide bonds. The monoisotopic (exact) mass is 242 g/mol. The number of nitrogens with one attached hydrogen (secondary N) is 1. The van der Waals surface area contributed by atoms with Gasteiger partial charge < -0.3 is 15.8 Å². The Labute approximate surface area is 104 Å². The Morgan fingerprint density at radius 2 is 2.29 bits per heavy atom. The molecule has 0 radical (unpaired) electrons. The van der Waals surface area contributed by atoms with Crippen molar-refractivity contribution in [2.45, 2.75) is 45.1 Å². The summed E-state index contributed by atoms with van der Waals surface area (Å²) in [5.41, 5.74) is 5.05. The predicted molar refractivity (Wildman–Crippen MR) is 68.6 cm³/mol. The van der Waals surface area contributed by atoms with Crippen molar-refractivity contribution in [3.05, 3.63) is 0 Å². The van der Waals surface area contributed by atoms with E-state index in [1.54, 1.807) is 0 Å². The molecular formula is C13H26N2O2. The largest absolute Gasteiger partial charge is 0.381 e. The molecule has 0 bridgehead atoms. The minimum absolute atomic E-state index is 0.216. The van der Waals surface area contributed by atoms with Gasteiger partial charge in [0.1, 0.15) is 5.54 Å². The smallest absolute Gasteiger partial charge is 0.238 e. The van der Waals surface area contributed by atoms with Gasteiger partial charge in [-0.2, -0.15) is 0 Å². The van der Waals surface area contributed by atoms with Crippen LogP contribution in [0.4, 0.5) is 0 Å². The number of carbonyl (C=O) groups excluding carboxylic acids is 1. The summed E-state index contributed by atoms with van der Waals surface area (Å²) in [6.45, 7) is 5.78. The van der Waals surface area contributed by atoms with Gasteiger partial charge in [0.25, 0.3) is 0 Å². The van der Waals surface area contributed by atoms with Crippen LogP contribution in [0.2, 0.25) is 0 Å². The SMILES string of the molecule is CNC1(C(N)=O)CCCC1CCOCC(C)C. The van der Waals surface area contributed by atoms with Crippen molar-refractivity contribution in [1.82, 2.24) is 5.32 Å². The molecule has 4 heteroatoms. The third-order valence-electron chi connectivity index (χ3n) is 3.77. The number of amides is 1. The van der Waals surface area contributed by atoms with Crippen LogP contribution in [0, 0.1) is 11.8 Å². The number of likely N-dealkylation sites (N-methyl/N-ethyl adjacent to an activating group) is 1. The summed E-state index contributed by atoms with van der Waals surface area (Å²) in [5.74, 6) is 0.660. The molecular weight excluding hydrogens is 216 g/mol. The van der Waals surface area contributed by atoms with Crippen LogP contribution in [0.1, 0.15) is 39.5 Å². The van der Waals surface area contributed by atoms with Crippen molar-refractivity contribution >= 4 is 5.91 Å². The number of ether oxygens (including phenoxy) is 1. The molecule has 0 saturated heterocycles. The average Bonchev–Trinajstić information content (AvgIpc) is 2.68. The molecule has 2 unspecified atom stereocenters. The quantitative estimate of drug-likeness (QED) is 0.661. The Hall–Kier alpha value is -0.610. The fourth-order valence-electron chi connectivity index (χ4n) is 2.79. The molecule has 0 spiro atoms. The van der Waals surface area contributed by atoms with Gasteiger partial charge in [0, 0.05) is 13.2 Å². The van der Waals surface area contributed by atoms with Gasteiger partial charge in [-0.3, -0.25) is 4.79 Å². The highest BCUT2D eigenvalue weighted by atomic mass is 16.5. The van der Waals surface area contributed by atoms with Crippen molar-refractivity contribution in [2.24, 2.45) is 17.6 Å². The van der Waals surface area contributed by atoms with E-state index in [-0.39, 0.29) is 5.91 Å². The number of primary amides is 1. The molecule has 3 N–H and O–H groups in total. The van der Waals surface area contributed by atoms with E-state index in [1.165, 1.54) is 0 Å². The summed E-state index contributed by atoms with van der Waals surface area (Å²) in [5, 5.41) is 3.15. The van der Waals surface area contributed by atoms with E-state index in [9.17, 15) is 4.79 Å². The highest BCUT2D eigenvalue weighted by Gasteiger charge is 2.46. The second-order valence-electron chi connectivity index (χ2n) is 5.43. The molecule has 0 heterocycles. The molecule has 100 valence electrons. The zero-order valence-corrected chi connectivity index (χ0v) is 11.3. The Kier molecular flexibility index (Phi) is 5.40. The molecule has 0 aliphatic heterocycles. The molecule has 2 atom stereocenters. The molecule has 1 rings (SSSR count). The number of carbonyl (C=O) groups is 1. The first-order valence-electron chi connectivity index (χ1n) is 6.59. The fourth-order valence-corrected chi connectivity index (χ4v) is 2.79. The minimum Gasteiger partial charge on any atom is -0.381 e. The van der Waals surface area contributed by atoms with Crippen LogP contribution in [0.25, 0.3) is 0 Å². The molecule has 1 fully saturated rings. The van der Waals surface area contributed by atoms with Crippen LogP contribution in [0.3, 0.4) is 0 Å². The van der Waals surface area contributed by atoms with E-state index in [2.05, 4.69) is 19.2 Å². The maximum absolute atomic E-state index is 11.6. The highest BCUT2D eigenvalue weighted by Crippen LogP contribution is 2.37.